The second-order valence-electron chi connectivity index (χ2n) is 14.9. The fourth-order valence-electron chi connectivity index (χ4n) is 8.84. The molecule has 0 fully saturated rings. The zero-order valence-corrected chi connectivity index (χ0v) is 33.1. The van der Waals surface area contributed by atoms with Crippen LogP contribution in [0, 0.1) is 0 Å². The van der Waals surface area contributed by atoms with Crippen LogP contribution in [0.1, 0.15) is 161 Å². The first-order valence-corrected chi connectivity index (χ1v) is 21.5. The topological polar surface area (TPSA) is 4.93 Å². The lowest BCUT2D eigenvalue weighted by Crippen LogP contribution is -2.10. The quantitative estimate of drug-likeness (QED) is 0.0347. The van der Waals surface area contributed by atoms with Gasteiger partial charge in [0.1, 0.15) is 0 Å². The maximum absolute atomic E-state index is 4.15. The van der Waals surface area contributed by atoms with Gasteiger partial charge in [-0.25, -0.2) is 0 Å². The van der Waals surface area contributed by atoms with Gasteiger partial charge in [0, 0.05) is 36.5 Å². The van der Waals surface area contributed by atoms with E-state index >= 15 is 0 Å². The molecule has 0 spiro atoms. The molecule has 0 amide bonds. The van der Waals surface area contributed by atoms with Gasteiger partial charge in [-0.05, 0) is 68.5 Å². The summed E-state index contributed by atoms with van der Waals surface area (Å²) in [6.07, 6.45) is 30.5. The number of nitrogens with zero attached hydrogens (tertiary/aromatic N) is 1. The van der Waals surface area contributed by atoms with E-state index in [9.17, 15) is 0 Å². The summed E-state index contributed by atoms with van der Waals surface area (Å²) in [5.74, 6) is 0. The van der Waals surface area contributed by atoms with Gasteiger partial charge in [-0.15, -0.1) is 0 Å². The molecule has 0 aliphatic rings. The Morgan fingerprint density at radius 2 is 1.02 bits per heavy atom. The molecule has 6 aromatic rings. The third-order valence-electron chi connectivity index (χ3n) is 11.4. The molecule has 0 aliphatic carbocycles. The Morgan fingerprint density at radius 3 is 1.60 bits per heavy atom. The average Bonchev–Trinajstić information content (AvgIpc) is 3.45. The van der Waals surface area contributed by atoms with Crippen LogP contribution in [0.15, 0.2) is 57.5 Å². The Bertz CT molecular complexity index is 1820. The van der Waals surface area contributed by atoms with E-state index in [0.29, 0.717) is 6.04 Å². The van der Waals surface area contributed by atoms with Crippen molar-refractivity contribution in [1.29, 1.82) is 0 Å². The van der Waals surface area contributed by atoms with Crippen molar-refractivity contribution >= 4 is 86.0 Å². The van der Waals surface area contributed by atoms with Gasteiger partial charge in [0.25, 0.3) is 0 Å². The minimum absolute atomic E-state index is 0.528. The first-order valence-electron chi connectivity index (χ1n) is 20.0. The maximum Gasteiger partial charge on any atom is 0.0645 e. The van der Waals surface area contributed by atoms with Gasteiger partial charge in [-0.2, -0.15) is 0 Å². The molecular weight excluding hydrogens is 714 g/mol. The highest BCUT2D eigenvalue weighted by molar-refractivity contribution is 9.11. The highest BCUT2D eigenvalue weighted by atomic mass is 79.9. The molecule has 258 valence electrons. The van der Waals surface area contributed by atoms with Crippen LogP contribution in [0.25, 0.3) is 54.1 Å². The Hall–Kier alpha value is -1.84. The van der Waals surface area contributed by atoms with E-state index < -0.39 is 0 Å². The predicted molar refractivity (Wildman–Crippen MR) is 222 cm³/mol. The zero-order chi connectivity index (χ0) is 33.3. The molecule has 0 saturated carbocycles. The lowest BCUT2D eigenvalue weighted by Gasteiger charge is -2.23. The Kier molecular flexibility index (Phi) is 13.4. The van der Waals surface area contributed by atoms with Crippen LogP contribution in [0.3, 0.4) is 0 Å². The van der Waals surface area contributed by atoms with Crippen LogP contribution in [-0.4, -0.2) is 4.57 Å². The number of aromatic nitrogens is 1. The van der Waals surface area contributed by atoms with E-state index in [-0.39, 0.29) is 0 Å². The number of fused-ring (bicyclic) bond motifs is 1. The number of benzene rings is 5. The minimum atomic E-state index is 0.528. The molecular formula is C45H59Br2N. The molecule has 0 N–H and O–H groups in total. The number of hydrogen-bond acceptors (Lipinski definition) is 0. The summed E-state index contributed by atoms with van der Waals surface area (Å²) >= 11 is 8.14. The van der Waals surface area contributed by atoms with Gasteiger partial charge in [0.2, 0.25) is 0 Å². The molecule has 0 saturated heterocycles. The highest BCUT2D eigenvalue weighted by Gasteiger charge is 2.27. The fraction of sp³-hybridized carbons (Fsp3) is 0.556. The zero-order valence-electron chi connectivity index (χ0n) is 30.0. The van der Waals surface area contributed by atoms with Crippen molar-refractivity contribution in [3.8, 4) is 0 Å². The van der Waals surface area contributed by atoms with Crippen molar-refractivity contribution in [2.24, 2.45) is 0 Å². The number of rotatable bonds is 23. The summed E-state index contributed by atoms with van der Waals surface area (Å²) in [6, 6.07) is 19.2. The van der Waals surface area contributed by atoms with E-state index in [1.165, 1.54) is 204 Å². The molecule has 6 rings (SSSR count). The van der Waals surface area contributed by atoms with Gasteiger partial charge in [0.05, 0.1) is 11.0 Å². The normalized spacial score (nSPS) is 12.5. The molecule has 3 heteroatoms. The first kappa shape index (κ1) is 36.0. The van der Waals surface area contributed by atoms with E-state index in [1.54, 1.807) is 0 Å². The number of hydrogen-bond donors (Lipinski definition) is 0. The van der Waals surface area contributed by atoms with Crippen molar-refractivity contribution in [2.75, 3.05) is 0 Å². The third-order valence-corrected chi connectivity index (χ3v) is 12.6. The first-order chi connectivity index (χ1) is 23.7. The van der Waals surface area contributed by atoms with E-state index in [2.05, 4.69) is 98.8 Å². The van der Waals surface area contributed by atoms with Crippen molar-refractivity contribution in [1.82, 2.24) is 4.57 Å². The Labute approximate surface area is 307 Å². The van der Waals surface area contributed by atoms with Gasteiger partial charge >= 0.3 is 0 Å². The minimum Gasteiger partial charge on any atom is -0.336 e. The molecule has 48 heavy (non-hydrogen) atoms. The van der Waals surface area contributed by atoms with Crippen molar-refractivity contribution < 1.29 is 0 Å². The molecule has 0 bridgehead atoms. The summed E-state index contributed by atoms with van der Waals surface area (Å²) in [7, 11) is 0. The van der Waals surface area contributed by atoms with Crippen LogP contribution < -0.4 is 0 Å². The lowest BCUT2D eigenvalue weighted by molar-refractivity contribution is 0.408. The maximum atomic E-state index is 4.15. The summed E-state index contributed by atoms with van der Waals surface area (Å²) in [4.78, 5) is 0. The second kappa shape index (κ2) is 17.9. The molecule has 0 aliphatic heterocycles. The third kappa shape index (κ3) is 7.88. The molecule has 5 aromatic carbocycles. The van der Waals surface area contributed by atoms with Gasteiger partial charge in [-0.3, -0.25) is 0 Å². The Morgan fingerprint density at radius 1 is 0.479 bits per heavy atom. The Balaban J connectivity index is 1.25. The summed E-state index contributed by atoms with van der Waals surface area (Å²) in [5.41, 5.74) is 2.86. The lowest BCUT2D eigenvalue weighted by atomic mass is 9.90. The largest absolute Gasteiger partial charge is 0.336 e. The van der Waals surface area contributed by atoms with Crippen molar-refractivity contribution in [2.45, 2.75) is 161 Å². The van der Waals surface area contributed by atoms with E-state index in [0.717, 1.165) is 0 Å². The average molecular weight is 774 g/mol. The molecule has 0 unspecified atom stereocenters. The van der Waals surface area contributed by atoms with E-state index in [4.69, 9.17) is 0 Å². The monoisotopic (exact) mass is 771 g/mol. The van der Waals surface area contributed by atoms with Crippen molar-refractivity contribution in [3.05, 3.63) is 57.5 Å². The van der Waals surface area contributed by atoms with Gasteiger partial charge < -0.3 is 4.57 Å². The van der Waals surface area contributed by atoms with Crippen LogP contribution in [0.2, 0.25) is 0 Å². The van der Waals surface area contributed by atoms with E-state index in [1.807, 2.05) is 0 Å². The molecule has 1 aromatic heterocycles. The standard InChI is InChI=1S/C45H59Br2N/c1-3-5-7-9-11-13-15-17-19-21-25-35(26-22-20-18-16-14-12-10-8-6-4-2)48-39-31-29-33-28-30-37(46)42-36-27-23-24-34-32-38(47)45(48)44(40(34)36)43(39)41(33)42/h23-24,27-32,35H,3-22,25-26H2,1-2H3. The van der Waals surface area contributed by atoms with Gasteiger partial charge in [-0.1, -0.05) is 189 Å². The SMILES string of the molecule is CCCCCCCCCCCCC(CCCCCCCCCCCC)n1c2ccc3ccc(Br)c4c5cccc6cc(Br)c1c(c65)c2c34. The predicted octanol–water partition coefficient (Wildman–Crippen LogP) is 16.8. The molecule has 1 nitrogen and oxygen atoms in total. The van der Waals surface area contributed by atoms with Gasteiger partial charge in [0.15, 0.2) is 0 Å². The smallest absolute Gasteiger partial charge is 0.0645 e. The van der Waals surface area contributed by atoms with Crippen molar-refractivity contribution in [3.63, 3.8) is 0 Å². The highest BCUT2D eigenvalue weighted by Crippen LogP contribution is 2.51. The summed E-state index contributed by atoms with van der Waals surface area (Å²) < 4.78 is 5.26. The molecule has 1 heterocycles. The summed E-state index contributed by atoms with van der Waals surface area (Å²) in [6.45, 7) is 4.63. The second-order valence-corrected chi connectivity index (χ2v) is 16.6. The van der Waals surface area contributed by atoms with Crippen LogP contribution in [0.4, 0.5) is 0 Å². The summed E-state index contributed by atoms with van der Waals surface area (Å²) in [5, 5.41) is 11.2. The fourth-order valence-corrected chi connectivity index (χ4v) is 10.0. The van der Waals surface area contributed by atoms with Crippen LogP contribution in [0.5, 0.6) is 0 Å². The van der Waals surface area contributed by atoms with Crippen LogP contribution >= 0.6 is 31.9 Å². The van der Waals surface area contributed by atoms with Crippen LogP contribution in [-0.2, 0) is 0 Å². The number of unbranched alkanes of at least 4 members (excludes halogenated alkanes) is 18. The molecule has 0 radical (unpaired) electrons. The molecule has 0 atom stereocenters. The number of halogens is 2.